The molecule has 0 aliphatic heterocycles. The molecule has 0 bridgehead atoms. The zero-order chi connectivity index (χ0) is 10.0. The third-order valence-corrected chi connectivity index (χ3v) is 1.23. The molecule has 0 unspecified atom stereocenters. The van der Waals surface area contributed by atoms with E-state index in [4.69, 9.17) is 10.2 Å². The summed E-state index contributed by atoms with van der Waals surface area (Å²) in [6.07, 6.45) is 0. The van der Waals surface area contributed by atoms with Gasteiger partial charge in [0.25, 0.3) is 0 Å². The summed E-state index contributed by atoms with van der Waals surface area (Å²) < 4.78 is 4.21. The van der Waals surface area contributed by atoms with Crippen LogP contribution < -0.4 is 5.63 Å². The standard InChI is InChI=1S/C7H4O6.Na.H/c8-5-2-3(6(9)10)1-4(13-5)7(11)12;;/h1-2H,(H,9,10)(H,11,12);;. The van der Waals surface area contributed by atoms with E-state index in [1.54, 1.807) is 0 Å². The minimum atomic E-state index is -1.49. The van der Waals surface area contributed by atoms with Crippen molar-refractivity contribution in [3.05, 3.63) is 33.9 Å². The second kappa shape index (κ2) is 4.94. The molecule has 1 rings (SSSR count). The molecule has 0 spiro atoms. The fourth-order valence-corrected chi connectivity index (χ4v) is 0.706. The van der Waals surface area contributed by atoms with Gasteiger partial charge in [-0.15, -0.1) is 0 Å². The van der Waals surface area contributed by atoms with Crippen molar-refractivity contribution in [2.45, 2.75) is 0 Å². The second-order valence-corrected chi connectivity index (χ2v) is 2.14. The van der Waals surface area contributed by atoms with Crippen LogP contribution in [0.15, 0.2) is 21.3 Å². The maximum absolute atomic E-state index is 10.6. The van der Waals surface area contributed by atoms with Gasteiger partial charge < -0.3 is 14.6 Å². The van der Waals surface area contributed by atoms with Crippen molar-refractivity contribution in [1.29, 1.82) is 0 Å². The summed E-state index contributed by atoms with van der Waals surface area (Å²) in [5, 5.41) is 16.8. The van der Waals surface area contributed by atoms with Crippen LogP contribution in [-0.4, -0.2) is 51.7 Å². The molecule has 1 aromatic rings. The Bertz CT molecular complexity index is 385. The van der Waals surface area contributed by atoms with E-state index in [0.717, 1.165) is 6.07 Å². The van der Waals surface area contributed by atoms with Crippen molar-refractivity contribution in [2.24, 2.45) is 0 Å². The third kappa shape index (κ3) is 2.99. The van der Waals surface area contributed by atoms with Gasteiger partial charge in [-0.25, -0.2) is 14.4 Å². The Morgan fingerprint density at radius 3 is 2.14 bits per heavy atom. The summed E-state index contributed by atoms with van der Waals surface area (Å²) in [5.74, 6) is -3.56. The van der Waals surface area contributed by atoms with Crippen LogP contribution in [0.25, 0.3) is 0 Å². The molecule has 0 saturated carbocycles. The molecular weight excluding hydrogens is 203 g/mol. The number of carboxylic acid groups (broad SMARTS) is 2. The molecule has 0 aliphatic rings. The first kappa shape index (κ1) is 12.9. The number of hydrogen-bond acceptors (Lipinski definition) is 4. The van der Waals surface area contributed by atoms with Crippen LogP contribution in [0.3, 0.4) is 0 Å². The normalized spacial score (nSPS) is 8.86. The Balaban J connectivity index is 0.00000169. The minimum absolute atomic E-state index is 0. The van der Waals surface area contributed by atoms with Crippen molar-refractivity contribution in [2.75, 3.05) is 0 Å². The van der Waals surface area contributed by atoms with Crippen LogP contribution in [-0.2, 0) is 0 Å². The zero-order valence-corrected chi connectivity index (χ0v) is 6.18. The summed E-state index contributed by atoms with van der Waals surface area (Å²) in [5.41, 5.74) is -1.41. The Morgan fingerprint density at radius 1 is 1.14 bits per heavy atom. The van der Waals surface area contributed by atoms with Crippen LogP contribution in [0, 0.1) is 0 Å². The van der Waals surface area contributed by atoms with Crippen LogP contribution in [0.5, 0.6) is 0 Å². The topological polar surface area (TPSA) is 105 Å². The van der Waals surface area contributed by atoms with Gasteiger partial charge in [0.2, 0.25) is 5.76 Å². The molecule has 0 radical (unpaired) electrons. The average Bonchev–Trinajstić information content (AvgIpc) is 2.03. The van der Waals surface area contributed by atoms with E-state index >= 15 is 0 Å². The van der Waals surface area contributed by atoms with Crippen LogP contribution in [0.2, 0.25) is 0 Å². The van der Waals surface area contributed by atoms with Crippen LogP contribution in [0.1, 0.15) is 20.9 Å². The van der Waals surface area contributed by atoms with E-state index in [9.17, 15) is 14.4 Å². The molecule has 70 valence electrons. The summed E-state index contributed by atoms with van der Waals surface area (Å²) in [6.45, 7) is 0. The monoisotopic (exact) mass is 208 g/mol. The first-order valence-electron chi connectivity index (χ1n) is 3.12. The Morgan fingerprint density at radius 2 is 1.71 bits per heavy atom. The fourth-order valence-electron chi connectivity index (χ4n) is 0.706. The number of carbonyl (C=O) groups is 2. The van der Waals surface area contributed by atoms with Gasteiger partial charge >= 0.3 is 47.1 Å². The summed E-state index contributed by atoms with van der Waals surface area (Å²) in [4.78, 5) is 31.3. The maximum atomic E-state index is 10.6. The Kier molecular flexibility index (Phi) is 4.55. The van der Waals surface area contributed by atoms with Crippen LogP contribution >= 0.6 is 0 Å². The van der Waals surface area contributed by atoms with E-state index in [2.05, 4.69) is 4.42 Å². The summed E-state index contributed by atoms with van der Waals surface area (Å²) in [6, 6.07) is 1.47. The van der Waals surface area contributed by atoms with Gasteiger partial charge in [-0.05, 0) is 0 Å². The van der Waals surface area contributed by atoms with Gasteiger partial charge in [0.05, 0.1) is 5.56 Å². The Labute approximate surface area is 99.5 Å². The predicted octanol–water partition coefficient (Wildman–Crippen LogP) is -0.612. The molecule has 7 heteroatoms. The average molecular weight is 208 g/mol. The Hall–Kier alpha value is -1.11. The van der Waals surface area contributed by atoms with Crippen molar-refractivity contribution >= 4 is 41.5 Å². The van der Waals surface area contributed by atoms with E-state index < -0.39 is 28.9 Å². The van der Waals surface area contributed by atoms with E-state index in [-0.39, 0.29) is 29.6 Å². The molecule has 1 aromatic heterocycles. The quantitative estimate of drug-likeness (QED) is 0.628. The molecular formula is C7H5NaO6. The van der Waals surface area contributed by atoms with E-state index in [1.807, 2.05) is 0 Å². The van der Waals surface area contributed by atoms with Crippen molar-refractivity contribution in [3.8, 4) is 0 Å². The zero-order valence-electron chi connectivity index (χ0n) is 6.18. The van der Waals surface area contributed by atoms with E-state index in [1.165, 1.54) is 0 Å². The number of carboxylic acids is 2. The van der Waals surface area contributed by atoms with Crippen molar-refractivity contribution < 1.29 is 24.2 Å². The number of hydrogen-bond donors (Lipinski definition) is 2. The van der Waals surface area contributed by atoms with Crippen molar-refractivity contribution in [1.82, 2.24) is 0 Å². The fraction of sp³-hybridized carbons (Fsp3) is 0. The molecule has 0 aliphatic carbocycles. The molecule has 2 N–H and O–H groups in total. The molecule has 0 fully saturated rings. The van der Waals surface area contributed by atoms with Gasteiger partial charge in [0, 0.05) is 12.1 Å². The number of aromatic carboxylic acids is 2. The predicted molar refractivity (Wildman–Crippen MR) is 46.0 cm³/mol. The SMILES string of the molecule is O=C(O)c1cc(C(=O)O)oc(=O)c1.[NaH]. The molecule has 1 heterocycles. The van der Waals surface area contributed by atoms with Gasteiger partial charge in [0.15, 0.2) is 0 Å². The third-order valence-electron chi connectivity index (χ3n) is 1.23. The van der Waals surface area contributed by atoms with Crippen LogP contribution in [0.4, 0.5) is 0 Å². The van der Waals surface area contributed by atoms with Gasteiger partial charge in [-0.2, -0.15) is 0 Å². The van der Waals surface area contributed by atoms with Gasteiger partial charge in [-0.1, -0.05) is 0 Å². The molecule has 0 atom stereocenters. The first-order valence-corrected chi connectivity index (χ1v) is 3.12. The molecule has 0 saturated heterocycles. The van der Waals surface area contributed by atoms with Gasteiger partial charge in [-0.3, -0.25) is 0 Å². The summed E-state index contributed by atoms with van der Waals surface area (Å²) in [7, 11) is 0. The molecule has 0 amide bonds. The molecule has 0 aromatic carbocycles. The van der Waals surface area contributed by atoms with Crippen molar-refractivity contribution in [3.63, 3.8) is 0 Å². The molecule has 14 heavy (non-hydrogen) atoms. The number of rotatable bonds is 2. The van der Waals surface area contributed by atoms with E-state index in [0.29, 0.717) is 6.07 Å². The molecule has 6 nitrogen and oxygen atoms in total. The van der Waals surface area contributed by atoms with Gasteiger partial charge in [0.1, 0.15) is 0 Å². The first-order chi connectivity index (χ1) is 6.00. The second-order valence-electron chi connectivity index (χ2n) is 2.14. The summed E-state index contributed by atoms with van der Waals surface area (Å²) >= 11 is 0.